The van der Waals surface area contributed by atoms with Crippen LogP contribution in [-0.2, 0) is 11.3 Å². The maximum atomic E-state index is 11.9. The Morgan fingerprint density at radius 3 is 2.67 bits per heavy atom. The third-order valence-corrected chi connectivity index (χ3v) is 3.51. The van der Waals surface area contributed by atoms with Crippen LogP contribution in [0.3, 0.4) is 0 Å². The second kappa shape index (κ2) is 8.67. The van der Waals surface area contributed by atoms with Crippen molar-refractivity contribution < 1.29 is 9.53 Å². The fourth-order valence-electron chi connectivity index (χ4n) is 1.83. The van der Waals surface area contributed by atoms with Gasteiger partial charge in [0.05, 0.1) is 12.6 Å². The average molecular weight is 292 g/mol. The number of nitrogens with one attached hydrogen (secondary N) is 1. The van der Waals surface area contributed by atoms with Crippen molar-refractivity contribution in [1.29, 1.82) is 0 Å². The van der Waals surface area contributed by atoms with Crippen molar-refractivity contribution in [2.75, 3.05) is 6.61 Å². The number of amides is 1. The van der Waals surface area contributed by atoms with Crippen LogP contribution in [0.5, 0.6) is 5.75 Å². The molecule has 2 unspecified atom stereocenters. The smallest absolute Gasteiger partial charge is 0.237 e. The van der Waals surface area contributed by atoms with Gasteiger partial charge in [0.2, 0.25) is 5.91 Å². The van der Waals surface area contributed by atoms with E-state index in [9.17, 15) is 4.79 Å². The van der Waals surface area contributed by atoms with Gasteiger partial charge in [-0.1, -0.05) is 46.2 Å². The molecule has 0 fully saturated rings. The van der Waals surface area contributed by atoms with Gasteiger partial charge < -0.3 is 15.8 Å². The monoisotopic (exact) mass is 292 g/mol. The lowest BCUT2D eigenvalue weighted by molar-refractivity contribution is -0.123. The van der Waals surface area contributed by atoms with Gasteiger partial charge in [-0.15, -0.1) is 0 Å². The Bertz CT molecular complexity index is 446. The van der Waals surface area contributed by atoms with Gasteiger partial charge in [0.1, 0.15) is 5.75 Å². The molecule has 0 spiro atoms. The Balaban J connectivity index is 2.51. The topological polar surface area (TPSA) is 64.4 Å². The molecule has 0 aliphatic heterocycles. The van der Waals surface area contributed by atoms with Gasteiger partial charge in [-0.2, -0.15) is 0 Å². The van der Waals surface area contributed by atoms with Crippen LogP contribution >= 0.6 is 0 Å². The van der Waals surface area contributed by atoms with Gasteiger partial charge in [-0.3, -0.25) is 4.79 Å². The second-order valence-corrected chi connectivity index (χ2v) is 5.98. The fourth-order valence-corrected chi connectivity index (χ4v) is 1.83. The first-order valence-corrected chi connectivity index (χ1v) is 7.69. The Morgan fingerprint density at radius 2 is 2.05 bits per heavy atom. The molecule has 0 aliphatic carbocycles. The van der Waals surface area contributed by atoms with E-state index in [1.165, 1.54) is 0 Å². The minimum atomic E-state index is -0.449. The van der Waals surface area contributed by atoms with Crippen LogP contribution in [0.2, 0.25) is 0 Å². The highest BCUT2D eigenvalue weighted by Gasteiger charge is 2.18. The van der Waals surface area contributed by atoms with Crippen LogP contribution in [0, 0.1) is 11.8 Å². The normalized spacial score (nSPS) is 13.8. The fraction of sp³-hybridized carbons (Fsp3) is 0.588. The summed E-state index contributed by atoms with van der Waals surface area (Å²) >= 11 is 0. The van der Waals surface area contributed by atoms with Crippen LogP contribution in [0.1, 0.15) is 39.7 Å². The molecule has 1 aromatic rings. The molecule has 1 amide bonds. The Labute approximate surface area is 128 Å². The van der Waals surface area contributed by atoms with Gasteiger partial charge in [-0.05, 0) is 29.5 Å². The minimum Gasteiger partial charge on any atom is -0.493 e. The van der Waals surface area contributed by atoms with Crippen molar-refractivity contribution in [3.63, 3.8) is 0 Å². The van der Waals surface area contributed by atoms with Crippen LogP contribution in [-0.4, -0.2) is 18.6 Å². The molecule has 0 heterocycles. The summed E-state index contributed by atoms with van der Waals surface area (Å²) in [6.45, 7) is 9.41. The van der Waals surface area contributed by atoms with Crippen molar-refractivity contribution in [3.8, 4) is 5.75 Å². The Hall–Kier alpha value is -1.55. The Morgan fingerprint density at radius 1 is 1.33 bits per heavy atom. The largest absolute Gasteiger partial charge is 0.493 e. The van der Waals surface area contributed by atoms with Crippen molar-refractivity contribution >= 4 is 5.91 Å². The molecule has 4 heteroatoms. The quantitative estimate of drug-likeness (QED) is 0.774. The third kappa shape index (κ3) is 6.17. The zero-order valence-electron chi connectivity index (χ0n) is 13.6. The molecule has 0 aromatic heterocycles. The highest BCUT2D eigenvalue weighted by Crippen LogP contribution is 2.14. The van der Waals surface area contributed by atoms with E-state index in [2.05, 4.69) is 19.2 Å². The lowest BCUT2D eigenvalue weighted by Crippen LogP contribution is -2.44. The predicted molar refractivity (Wildman–Crippen MR) is 86.1 cm³/mol. The first-order valence-electron chi connectivity index (χ1n) is 7.69. The van der Waals surface area contributed by atoms with E-state index in [4.69, 9.17) is 10.5 Å². The van der Waals surface area contributed by atoms with Gasteiger partial charge >= 0.3 is 0 Å². The number of ether oxygens (including phenoxy) is 1. The number of nitrogens with two attached hydrogens (primary N) is 1. The van der Waals surface area contributed by atoms with Gasteiger partial charge in [-0.25, -0.2) is 0 Å². The molecule has 4 nitrogen and oxygen atoms in total. The molecule has 21 heavy (non-hydrogen) atoms. The summed E-state index contributed by atoms with van der Waals surface area (Å²) in [4.78, 5) is 11.9. The number of rotatable bonds is 8. The maximum Gasteiger partial charge on any atom is 0.237 e. The summed E-state index contributed by atoms with van der Waals surface area (Å²) in [5, 5.41) is 2.89. The van der Waals surface area contributed by atoms with Crippen LogP contribution in [0.4, 0.5) is 0 Å². The summed E-state index contributed by atoms with van der Waals surface area (Å²) < 4.78 is 5.68. The Kier molecular flexibility index (Phi) is 7.23. The maximum absolute atomic E-state index is 11.9. The number of benzene rings is 1. The summed E-state index contributed by atoms with van der Waals surface area (Å²) in [6, 6.07) is 7.34. The molecule has 2 atom stereocenters. The third-order valence-electron chi connectivity index (χ3n) is 3.51. The van der Waals surface area contributed by atoms with Gasteiger partial charge in [0.15, 0.2) is 0 Å². The molecule has 3 N–H and O–H groups in total. The summed E-state index contributed by atoms with van der Waals surface area (Å²) in [7, 11) is 0. The first kappa shape index (κ1) is 17.5. The lowest BCUT2D eigenvalue weighted by Gasteiger charge is -2.18. The van der Waals surface area contributed by atoms with Crippen LogP contribution < -0.4 is 15.8 Å². The van der Waals surface area contributed by atoms with E-state index in [0.717, 1.165) is 17.7 Å². The summed E-state index contributed by atoms with van der Waals surface area (Å²) in [6.07, 6.45) is 0.896. The number of carbonyl (C=O) groups excluding carboxylic acids is 1. The zero-order valence-corrected chi connectivity index (χ0v) is 13.6. The first-order chi connectivity index (χ1) is 9.93. The molecular formula is C17H28N2O2. The highest BCUT2D eigenvalue weighted by molar-refractivity contribution is 5.81. The van der Waals surface area contributed by atoms with E-state index in [-0.39, 0.29) is 11.8 Å². The molecule has 118 valence electrons. The highest BCUT2D eigenvalue weighted by atomic mass is 16.5. The van der Waals surface area contributed by atoms with Crippen molar-refractivity contribution in [2.24, 2.45) is 17.6 Å². The molecule has 1 aromatic carbocycles. The summed E-state index contributed by atoms with van der Waals surface area (Å²) in [5.41, 5.74) is 6.92. The van der Waals surface area contributed by atoms with Gasteiger partial charge in [0, 0.05) is 6.54 Å². The molecule has 0 radical (unpaired) electrons. The number of carbonyl (C=O) groups is 1. The van der Waals surface area contributed by atoms with E-state index in [0.29, 0.717) is 19.1 Å². The van der Waals surface area contributed by atoms with E-state index in [1.54, 1.807) is 0 Å². The molecule has 0 aliphatic rings. The van der Waals surface area contributed by atoms with Gasteiger partial charge in [0.25, 0.3) is 0 Å². The molecular weight excluding hydrogens is 264 g/mol. The second-order valence-electron chi connectivity index (χ2n) is 5.98. The van der Waals surface area contributed by atoms with E-state index >= 15 is 0 Å². The number of hydrogen-bond acceptors (Lipinski definition) is 3. The minimum absolute atomic E-state index is 0.0992. The van der Waals surface area contributed by atoms with Crippen molar-refractivity contribution in [2.45, 2.75) is 46.7 Å². The zero-order chi connectivity index (χ0) is 15.8. The van der Waals surface area contributed by atoms with Crippen molar-refractivity contribution in [3.05, 3.63) is 29.8 Å². The van der Waals surface area contributed by atoms with Crippen LogP contribution in [0.15, 0.2) is 24.3 Å². The SMILES string of the molecule is CCC(C)C(N)C(=O)NCc1cccc(OCC(C)C)c1. The molecule has 0 saturated carbocycles. The van der Waals surface area contributed by atoms with Crippen molar-refractivity contribution in [1.82, 2.24) is 5.32 Å². The molecule has 1 rings (SSSR count). The summed E-state index contributed by atoms with van der Waals surface area (Å²) in [5.74, 6) is 1.41. The average Bonchev–Trinajstić information content (AvgIpc) is 2.49. The van der Waals surface area contributed by atoms with Crippen LogP contribution in [0.25, 0.3) is 0 Å². The lowest BCUT2D eigenvalue weighted by atomic mass is 9.99. The standard InChI is InChI=1S/C17H28N2O2/c1-5-13(4)16(18)17(20)19-10-14-7-6-8-15(9-14)21-11-12(2)3/h6-9,12-13,16H,5,10-11,18H2,1-4H3,(H,19,20). The number of hydrogen-bond donors (Lipinski definition) is 2. The van der Waals surface area contributed by atoms with E-state index < -0.39 is 6.04 Å². The predicted octanol–water partition coefficient (Wildman–Crippen LogP) is 2.71. The molecule has 0 bridgehead atoms. The molecule has 0 saturated heterocycles. The van der Waals surface area contributed by atoms with E-state index in [1.807, 2.05) is 38.1 Å².